The van der Waals surface area contributed by atoms with Gasteiger partial charge in [0.25, 0.3) is 0 Å². The van der Waals surface area contributed by atoms with Gasteiger partial charge in [-0.3, -0.25) is 0 Å². The fraction of sp³-hybridized carbons (Fsp3) is 0.571. The highest BCUT2D eigenvalue weighted by Gasteiger charge is 2.37. The average Bonchev–Trinajstić information content (AvgIpc) is 2.89. The summed E-state index contributed by atoms with van der Waals surface area (Å²) in [7, 11) is 0. The Hall–Kier alpha value is -0.900. The highest BCUT2D eigenvalue weighted by molar-refractivity contribution is 5.25. The zero-order chi connectivity index (χ0) is 11.7. The second-order valence-electron chi connectivity index (χ2n) is 5.25. The molecule has 1 atom stereocenters. The van der Waals surface area contributed by atoms with Crippen LogP contribution in [-0.4, -0.2) is 18.9 Å². The number of hydrogen-bond donors (Lipinski definition) is 1. The van der Waals surface area contributed by atoms with Gasteiger partial charge in [-0.1, -0.05) is 24.3 Å². The Bertz CT molecular complexity index is 378. The van der Waals surface area contributed by atoms with Crippen LogP contribution in [0.25, 0.3) is 0 Å². The highest BCUT2D eigenvalue weighted by atomic mass is 16.7. The van der Waals surface area contributed by atoms with Crippen molar-refractivity contribution in [2.75, 3.05) is 13.4 Å². The summed E-state index contributed by atoms with van der Waals surface area (Å²) in [6.45, 7) is 1.09. The number of ether oxygens (including phenoxy) is 2. The molecule has 3 rings (SSSR count). The van der Waals surface area contributed by atoms with Crippen LogP contribution in [0.3, 0.4) is 0 Å². The summed E-state index contributed by atoms with van der Waals surface area (Å²) in [4.78, 5) is 0. The molecule has 1 aliphatic carbocycles. The van der Waals surface area contributed by atoms with Gasteiger partial charge in [0.1, 0.15) is 12.9 Å². The van der Waals surface area contributed by atoms with Crippen molar-refractivity contribution in [1.29, 1.82) is 0 Å². The third kappa shape index (κ3) is 2.68. The molecule has 0 aromatic heterocycles. The first-order valence-electron chi connectivity index (χ1n) is 6.32. The first-order chi connectivity index (χ1) is 8.25. The molecular weight excluding hydrogens is 214 g/mol. The van der Waals surface area contributed by atoms with Crippen LogP contribution < -0.4 is 5.73 Å². The SMILES string of the molecule is NC1(CCc2ccc(C3COCO3)cc2)CC1. The third-order valence-electron chi connectivity index (χ3n) is 3.78. The van der Waals surface area contributed by atoms with Crippen LogP contribution in [0.1, 0.15) is 36.5 Å². The number of hydrogen-bond acceptors (Lipinski definition) is 3. The van der Waals surface area contributed by atoms with Gasteiger partial charge in [-0.2, -0.15) is 0 Å². The molecule has 2 N–H and O–H groups in total. The standard InChI is InChI=1S/C14H19NO2/c15-14(7-8-14)6-5-11-1-3-12(4-2-11)13-9-16-10-17-13/h1-4,13H,5-10,15H2. The molecule has 17 heavy (non-hydrogen) atoms. The summed E-state index contributed by atoms with van der Waals surface area (Å²) >= 11 is 0. The molecule has 3 heteroatoms. The molecule has 1 saturated heterocycles. The molecule has 1 saturated carbocycles. The highest BCUT2D eigenvalue weighted by Crippen LogP contribution is 2.36. The topological polar surface area (TPSA) is 44.5 Å². The zero-order valence-electron chi connectivity index (χ0n) is 10.0. The Morgan fingerprint density at radius 1 is 1.24 bits per heavy atom. The van der Waals surface area contributed by atoms with E-state index >= 15 is 0 Å². The monoisotopic (exact) mass is 233 g/mol. The Morgan fingerprint density at radius 3 is 2.59 bits per heavy atom. The van der Waals surface area contributed by atoms with Crippen LogP contribution in [0, 0.1) is 0 Å². The zero-order valence-corrected chi connectivity index (χ0v) is 10.0. The van der Waals surface area contributed by atoms with Crippen molar-refractivity contribution in [1.82, 2.24) is 0 Å². The maximum atomic E-state index is 6.09. The summed E-state index contributed by atoms with van der Waals surface area (Å²) in [5.41, 5.74) is 8.81. The van der Waals surface area contributed by atoms with Gasteiger partial charge in [-0.05, 0) is 36.8 Å². The molecule has 0 bridgehead atoms. The van der Waals surface area contributed by atoms with Crippen molar-refractivity contribution in [2.45, 2.75) is 37.3 Å². The Morgan fingerprint density at radius 2 is 2.00 bits per heavy atom. The molecule has 1 aromatic rings. The second kappa shape index (κ2) is 4.41. The van der Waals surface area contributed by atoms with Crippen molar-refractivity contribution in [3.8, 4) is 0 Å². The molecule has 1 aromatic carbocycles. The first kappa shape index (κ1) is 11.2. The van der Waals surface area contributed by atoms with E-state index in [1.807, 2.05) is 0 Å². The van der Waals surface area contributed by atoms with Crippen LogP contribution in [0.2, 0.25) is 0 Å². The lowest BCUT2D eigenvalue weighted by Gasteiger charge is -2.10. The van der Waals surface area contributed by atoms with E-state index in [4.69, 9.17) is 15.2 Å². The van der Waals surface area contributed by atoms with E-state index in [0.717, 1.165) is 12.8 Å². The normalized spacial score (nSPS) is 26.1. The van der Waals surface area contributed by atoms with Crippen molar-refractivity contribution in [3.63, 3.8) is 0 Å². The van der Waals surface area contributed by atoms with E-state index in [9.17, 15) is 0 Å². The van der Waals surface area contributed by atoms with E-state index < -0.39 is 0 Å². The number of benzene rings is 1. The predicted octanol–water partition coefficient (Wildman–Crippen LogP) is 2.16. The molecule has 0 amide bonds. The van der Waals surface area contributed by atoms with E-state index in [-0.39, 0.29) is 11.6 Å². The molecule has 2 aliphatic rings. The van der Waals surface area contributed by atoms with Gasteiger partial charge in [0.15, 0.2) is 0 Å². The van der Waals surface area contributed by atoms with Crippen molar-refractivity contribution in [2.24, 2.45) is 5.73 Å². The second-order valence-corrected chi connectivity index (χ2v) is 5.25. The van der Waals surface area contributed by atoms with E-state index in [1.165, 1.54) is 24.0 Å². The molecule has 1 aliphatic heterocycles. The Labute approximate surface area is 102 Å². The largest absolute Gasteiger partial charge is 0.352 e. The van der Waals surface area contributed by atoms with Crippen LogP contribution in [0.5, 0.6) is 0 Å². The molecule has 3 nitrogen and oxygen atoms in total. The first-order valence-corrected chi connectivity index (χ1v) is 6.32. The van der Waals surface area contributed by atoms with Gasteiger partial charge >= 0.3 is 0 Å². The predicted molar refractivity (Wildman–Crippen MR) is 65.6 cm³/mol. The molecule has 1 heterocycles. The van der Waals surface area contributed by atoms with E-state index in [2.05, 4.69) is 24.3 Å². The van der Waals surface area contributed by atoms with Crippen LogP contribution in [0.15, 0.2) is 24.3 Å². The fourth-order valence-corrected chi connectivity index (χ4v) is 2.23. The molecule has 1 unspecified atom stereocenters. The van der Waals surface area contributed by atoms with Crippen LogP contribution in [-0.2, 0) is 15.9 Å². The quantitative estimate of drug-likeness (QED) is 0.866. The lowest BCUT2D eigenvalue weighted by Crippen LogP contribution is -2.22. The van der Waals surface area contributed by atoms with Gasteiger partial charge in [-0.25, -0.2) is 0 Å². The van der Waals surface area contributed by atoms with Gasteiger partial charge in [0.05, 0.1) is 6.61 Å². The maximum Gasteiger partial charge on any atom is 0.147 e. The lowest BCUT2D eigenvalue weighted by molar-refractivity contribution is 0.0466. The van der Waals surface area contributed by atoms with Gasteiger partial charge in [-0.15, -0.1) is 0 Å². The minimum Gasteiger partial charge on any atom is -0.352 e. The molecule has 2 fully saturated rings. The Kier molecular flexibility index (Phi) is 2.90. The van der Waals surface area contributed by atoms with E-state index in [0.29, 0.717) is 13.4 Å². The fourth-order valence-electron chi connectivity index (χ4n) is 2.23. The lowest BCUT2D eigenvalue weighted by atomic mass is 10.0. The summed E-state index contributed by atoms with van der Waals surface area (Å²) in [6, 6.07) is 8.65. The summed E-state index contributed by atoms with van der Waals surface area (Å²) in [5.74, 6) is 0. The van der Waals surface area contributed by atoms with Gasteiger partial charge in [0.2, 0.25) is 0 Å². The smallest absolute Gasteiger partial charge is 0.147 e. The summed E-state index contributed by atoms with van der Waals surface area (Å²) in [5, 5.41) is 0. The number of aryl methyl sites for hydroxylation is 1. The summed E-state index contributed by atoms with van der Waals surface area (Å²) in [6.07, 6.45) is 4.69. The Balaban J connectivity index is 1.59. The molecule has 0 radical (unpaired) electrons. The van der Waals surface area contributed by atoms with E-state index in [1.54, 1.807) is 0 Å². The maximum absolute atomic E-state index is 6.09. The number of nitrogens with two attached hydrogens (primary N) is 1. The van der Waals surface area contributed by atoms with Crippen LogP contribution in [0.4, 0.5) is 0 Å². The summed E-state index contributed by atoms with van der Waals surface area (Å²) < 4.78 is 10.7. The van der Waals surface area contributed by atoms with Crippen molar-refractivity contribution in [3.05, 3.63) is 35.4 Å². The van der Waals surface area contributed by atoms with Gasteiger partial charge < -0.3 is 15.2 Å². The van der Waals surface area contributed by atoms with Crippen molar-refractivity contribution >= 4 is 0 Å². The minimum atomic E-state index is 0.119. The minimum absolute atomic E-state index is 0.119. The van der Waals surface area contributed by atoms with Gasteiger partial charge in [0, 0.05) is 5.54 Å². The average molecular weight is 233 g/mol. The number of rotatable bonds is 4. The van der Waals surface area contributed by atoms with Crippen LogP contribution >= 0.6 is 0 Å². The molecule has 92 valence electrons. The molecular formula is C14H19NO2. The molecule has 0 spiro atoms. The third-order valence-corrected chi connectivity index (χ3v) is 3.78. The van der Waals surface area contributed by atoms with Crippen molar-refractivity contribution < 1.29 is 9.47 Å².